The first-order valence-corrected chi connectivity index (χ1v) is 4.23. The summed E-state index contributed by atoms with van der Waals surface area (Å²) in [5.74, 6) is -0.199. The number of fused-ring (bicyclic) bond motifs is 1. The molecule has 1 aromatic rings. The summed E-state index contributed by atoms with van der Waals surface area (Å²) in [6.07, 6.45) is 0.0261. The van der Waals surface area contributed by atoms with E-state index >= 15 is 0 Å². The van der Waals surface area contributed by atoms with E-state index in [4.69, 9.17) is 11.6 Å². The second-order valence-electron chi connectivity index (χ2n) is 2.32. The second-order valence-corrected chi connectivity index (χ2v) is 4.00. The van der Waals surface area contributed by atoms with Gasteiger partial charge in [-0.25, -0.2) is 0 Å². The summed E-state index contributed by atoms with van der Waals surface area (Å²) >= 11 is 6.81. The van der Waals surface area contributed by atoms with Crippen LogP contribution in [-0.2, 0) is 0 Å². The van der Waals surface area contributed by atoms with Gasteiger partial charge in [-0.15, -0.1) is 11.3 Å². The fourth-order valence-corrected chi connectivity index (χ4v) is 2.28. The maximum atomic E-state index is 11.0. The van der Waals surface area contributed by atoms with E-state index in [-0.39, 0.29) is 18.0 Å². The van der Waals surface area contributed by atoms with Gasteiger partial charge in [-0.3, -0.25) is 9.59 Å². The number of Topliss-reactive ketones (excluding diaryl/α,β-unsaturated/α-hetero) is 2. The summed E-state index contributed by atoms with van der Waals surface area (Å²) in [4.78, 5) is 22.6. The number of ketones is 2. The molecule has 1 aliphatic carbocycles. The molecule has 0 radical (unpaired) electrons. The molecular weight excluding hydrogens is 184 g/mol. The van der Waals surface area contributed by atoms with Gasteiger partial charge >= 0.3 is 0 Å². The first-order chi connectivity index (χ1) is 5.18. The van der Waals surface area contributed by atoms with E-state index < -0.39 is 0 Å². The topological polar surface area (TPSA) is 34.1 Å². The molecule has 0 amide bonds. The van der Waals surface area contributed by atoms with Crippen molar-refractivity contribution in [2.45, 2.75) is 6.42 Å². The number of thiophene rings is 1. The highest BCUT2D eigenvalue weighted by atomic mass is 35.5. The van der Waals surface area contributed by atoms with Crippen molar-refractivity contribution in [3.8, 4) is 0 Å². The Bertz CT molecular complexity index is 322. The fourth-order valence-electron chi connectivity index (χ4n) is 1.10. The maximum Gasteiger partial charge on any atom is 0.181 e. The first kappa shape index (κ1) is 7.00. The quantitative estimate of drug-likeness (QED) is 0.582. The highest BCUT2D eigenvalue weighted by Gasteiger charge is 2.29. The van der Waals surface area contributed by atoms with Gasteiger partial charge in [0.1, 0.15) is 0 Å². The van der Waals surface area contributed by atoms with Crippen molar-refractivity contribution in [1.82, 2.24) is 0 Å². The van der Waals surface area contributed by atoms with Crippen molar-refractivity contribution >= 4 is 34.5 Å². The Hall–Kier alpha value is -0.670. The van der Waals surface area contributed by atoms with Crippen LogP contribution in [0.2, 0.25) is 4.34 Å². The molecule has 0 saturated heterocycles. The minimum absolute atomic E-state index is 0.0261. The molecule has 0 N–H and O–H groups in total. The summed E-state index contributed by atoms with van der Waals surface area (Å²) in [6.45, 7) is 0. The van der Waals surface area contributed by atoms with Gasteiger partial charge in [0, 0.05) is 5.56 Å². The average molecular weight is 187 g/mol. The third-order valence-electron chi connectivity index (χ3n) is 1.58. The molecule has 0 aromatic carbocycles. The van der Waals surface area contributed by atoms with Crippen molar-refractivity contribution < 1.29 is 9.59 Å². The predicted octanol–water partition coefficient (Wildman–Crippen LogP) is 2.17. The van der Waals surface area contributed by atoms with Crippen LogP contribution in [0, 0.1) is 0 Å². The summed E-state index contributed by atoms with van der Waals surface area (Å²) < 4.78 is 0.511. The zero-order chi connectivity index (χ0) is 8.01. The molecule has 56 valence electrons. The number of carbonyl (C=O) groups excluding carboxylic acids is 2. The molecule has 1 heterocycles. The molecule has 11 heavy (non-hydrogen) atoms. The van der Waals surface area contributed by atoms with E-state index in [0.717, 1.165) is 0 Å². The van der Waals surface area contributed by atoms with Crippen LogP contribution >= 0.6 is 22.9 Å². The van der Waals surface area contributed by atoms with Crippen LogP contribution in [0.3, 0.4) is 0 Å². The molecule has 0 atom stereocenters. The number of halogens is 1. The van der Waals surface area contributed by atoms with Crippen LogP contribution in [0.5, 0.6) is 0 Å². The zero-order valence-corrected chi connectivity index (χ0v) is 6.96. The third kappa shape index (κ3) is 0.921. The largest absolute Gasteiger partial charge is 0.294 e. The molecule has 1 aromatic heterocycles. The lowest BCUT2D eigenvalue weighted by molar-refractivity contribution is 0.0924. The summed E-state index contributed by atoms with van der Waals surface area (Å²) in [7, 11) is 0. The van der Waals surface area contributed by atoms with Crippen molar-refractivity contribution in [3.05, 3.63) is 20.8 Å². The summed E-state index contributed by atoms with van der Waals surface area (Å²) in [6, 6.07) is 1.56. The lowest BCUT2D eigenvalue weighted by Crippen LogP contribution is -1.91. The molecule has 0 bridgehead atoms. The maximum absolute atomic E-state index is 11.0. The predicted molar refractivity (Wildman–Crippen MR) is 42.6 cm³/mol. The molecule has 2 nitrogen and oxygen atoms in total. The highest BCUT2D eigenvalue weighted by molar-refractivity contribution is 7.18. The lowest BCUT2D eigenvalue weighted by Gasteiger charge is -1.80. The molecule has 2 rings (SSSR count). The minimum atomic E-state index is -0.104. The smallest absolute Gasteiger partial charge is 0.181 e. The third-order valence-corrected chi connectivity index (χ3v) is 2.88. The molecule has 0 unspecified atom stereocenters. The zero-order valence-electron chi connectivity index (χ0n) is 5.39. The molecule has 1 aliphatic rings. The van der Waals surface area contributed by atoms with Gasteiger partial charge in [0.25, 0.3) is 0 Å². The Balaban J connectivity index is 2.67. The number of carbonyl (C=O) groups is 2. The highest BCUT2D eigenvalue weighted by Crippen LogP contribution is 2.33. The van der Waals surface area contributed by atoms with E-state index in [2.05, 4.69) is 0 Å². The molecule has 0 spiro atoms. The van der Waals surface area contributed by atoms with Gasteiger partial charge in [0.2, 0.25) is 0 Å². The van der Waals surface area contributed by atoms with E-state index in [0.29, 0.717) is 14.8 Å². The van der Waals surface area contributed by atoms with E-state index in [1.807, 2.05) is 0 Å². The van der Waals surface area contributed by atoms with Gasteiger partial charge in [0.15, 0.2) is 11.6 Å². The Kier molecular flexibility index (Phi) is 1.37. The van der Waals surface area contributed by atoms with Crippen LogP contribution in [0.25, 0.3) is 0 Å². The van der Waals surface area contributed by atoms with E-state index in [1.165, 1.54) is 11.3 Å². The number of hydrogen-bond donors (Lipinski definition) is 0. The molecule has 0 fully saturated rings. The average Bonchev–Trinajstić information content (AvgIpc) is 2.38. The number of hydrogen-bond acceptors (Lipinski definition) is 3. The molecule has 0 saturated carbocycles. The lowest BCUT2D eigenvalue weighted by atomic mass is 10.2. The van der Waals surface area contributed by atoms with Crippen LogP contribution in [0.4, 0.5) is 0 Å². The normalized spacial score (nSPS) is 15.7. The molecule has 4 heteroatoms. The summed E-state index contributed by atoms with van der Waals surface area (Å²) in [5.41, 5.74) is 0.505. The SMILES string of the molecule is O=C1CC(=O)c2sc(Cl)cc21. The molecular formula is C7H3ClO2S. The Labute approximate surface area is 71.8 Å². The second kappa shape index (κ2) is 2.16. The van der Waals surface area contributed by atoms with Crippen LogP contribution in [0.15, 0.2) is 6.07 Å². The first-order valence-electron chi connectivity index (χ1n) is 3.04. The van der Waals surface area contributed by atoms with Crippen LogP contribution < -0.4 is 0 Å². The summed E-state index contributed by atoms with van der Waals surface area (Å²) in [5, 5.41) is 0. The standard InChI is InChI=1S/C7H3ClO2S/c8-6-1-3-4(9)2-5(10)7(3)11-6/h1H,2H2. The Morgan fingerprint density at radius 1 is 1.36 bits per heavy atom. The Morgan fingerprint density at radius 3 is 2.73 bits per heavy atom. The van der Waals surface area contributed by atoms with Crippen LogP contribution in [0.1, 0.15) is 26.5 Å². The van der Waals surface area contributed by atoms with Gasteiger partial charge in [-0.1, -0.05) is 11.6 Å². The minimum Gasteiger partial charge on any atom is -0.294 e. The van der Waals surface area contributed by atoms with Gasteiger partial charge < -0.3 is 0 Å². The van der Waals surface area contributed by atoms with E-state index in [1.54, 1.807) is 6.07 Å². The fraction of sp³-hybridized carbons (Fsp3) is 0.143. The van der Waals surface area contributed by atoms with Gasteiger partial charge in [0.05, 0.1) is 15.6 Å². The van der Waals surface area contributed by atoms with Crippen molar-refractivity contribution in [1.29, 1.82) is 0 Å². The van der Waals surface area contributed by atoms with Crippen LogP contribution in [-0.4, -0.2) is 11.6 Å². The van der Waals surface area contributed by atoms with Crippen molar-refractivity contribution in [2.75, 3.05) is 0 Å². The van der Waals surface area contributed by atoms with Gasteiger partial charge in [-0.05, 0) is 6.07 Å². The van der Waals surface area contributed by atoms with Gasteiger partial charge in [-0.2, -0.15) is 0 Å². The van der Waals surface area contributed by atoms with Crippen molar-refractivity contribution in [3.63, 3.8) is 0 Å². The number of rotatable bonds is 0. The monoisotopic (exact) mass is 186 g/mol. The molecule has 0 aliphatic heterocycles. The van der Waals surface area contributed by atoms with E-state index in [9.17, 15) is 9.59 Å². The van der Waals surface area contributed by atoms with Crippen molar-refractivity contribution in [2.24, 2.45) is 0 Å². The Morgan fingerprint density at radius 2 is 2.09 bits per heavy atom.